The summed E-state index contributed by atoms with van der Waals surface area (Å²) in [6, 6.07) is 126. The molecule has 129 heavy (non-hydrogen) atoms. The highest BCUT2D eigenvalue weighted by Gasteiger charge is 2.55. The van der Waals surface area contributed by atoms with Crippen molar-refractivity contribution >= 4 is 121 Å². The van der Waals surface area contributed by atoms with Crippen molar-refractivity contribution in [3.05, 3.63) is 427 Å². The molecule has 640 valence electrons. The highest BCUT2D eigenvalue weighted by Crippen LogP contribution is 2.68. The van der Waals surface area contributed by atoms with Crippen molar-refractivity contribution in [3.63, 3.8) is 0 Å². The van der Waals surface area contributed by atoms with Gasteiger partial charge in [-0.05, 0) is 265 Å². The molecule has 0 saturated carbocycles. The minimum absolute atomic E-state index is 0.000909. The van der Waals surface area contributed by atoms with Crippen LogP contribution in [-0.4, -0.2) is 0 Å². The fourth-order valence-electron chi connectivity index (χ4n) is 20.8. The number of anilines is 8. The van der Waals surface area contributed by atoms with Crippen molar-refractivity contribution in [2.75, 3.05) is 15.1 Å². The average molecular weight is 1810 g/mol. The van der Waals surface area contributed by atoms with Gasteiger partial charge in [0, 0.05) is 76.0 Å². The molecular weight excluding hydrogens is 1700 g/mol. The van der Waals surface area contributed by atoms with Crippen LogP contribution < -0.4 is 15.1 Å². The Morgan fingerprint density at radius 2 is 0.543 bits per heavy atom. The SMILES string of the molecule is Brc1ccc2c(c1)C1(c3ccccc3-c3ccccc31)c1cc(Br)c3c(oc4ccccc43)c1-2.CC(C)(C)c1ccc(N(c2ccc(C(C)(C)C)cc2)c2ccc3c(c2)C2(c4ccccc4-c4ccccc42)c2cc(N(c4ccc(C(C)(C)C)cc4)c4ccc(C(C)(C)C)cc4)c4c(oc5ccccc54)c2-3)cc1.CC(C)(C)c1ccc(Nc2ccc(C(C)(C)C)cc2)cc1. The van der Waals surface area contributed by atoms with Crippen LogP contribution in [0, 0.1) is 0 Å². The van der Waals surface area contributed by atoms with E-state index >= 15 is 0 Å². The van der Waals surface area contributed by atoms with Crippen LogP contribution in [0.4, 0.5) is 45.5 Å². The normalized spacial score (nSPS) is 13.7. The summed E-state index contributed by atoms with van der Waals surface area (Å²) >= 11 is 7.73. The number of nitrogens with zero attached hydrogens (tertiary/aromatic N) is 2. The quantitative estimate of drug-likeness (QED) is 0.164. The van der Waals surface area contributed by atoms with E-state index in [9.17, 15) is 0 Å². The predicted molar refractivity (Wildman–Crippen MR) is 553 cm³/mol. The first-order chi connectivity index (χ1) is 61.6. The fourth-order valence-corrected chi connectivity index (χ4v) is 21.8. The summed E-state index contributed by atoms with van der Waals surface area (Å²) in [4.78, 5) is 4.94. The molecule has 18 aromatic rings. The van der Waals surface area contributed by atoms with Crippen LogP contribution in [0.2, 0.25) is 0 Å². The Morgan fingerprint density at radius 1 is 0.248 bits per heavy atom. The molecule has 22 rings (SSSR count). The summed E-state index contributed by atoms with van der Waals surface area (Å²) < 4.78 is 16.1. The third-order valence-corrected chi connectivity index (χ3v) is 28.6. The number of rotatable bonds is 8. The van der Waals surface area contributed by atoms with Gasteiger partial charge in [-0.15, -0.1) is 0 Å². The van der Waals surface area contributed by atoms with Gasteiger partial charge >= 0.3 is 0 Å². The molecule has 16 aromatic carbocycles. The lowest BCUT2D eigenvalue weighted by Gasteiger charge is -2.34. The number of benzene rings is 16. The summed E-state index contributed by atoms with van der Waals surface area (Å²) in [5.74, 6) is 0. The average Bonchev–Trinajstić information content (AvgIpc) is 1.50. The lowest BCUT2D eigenvalue weighted by molar-refractivity contribution is 0.590. The summed E-state index contributed by atoms with van der Waals surface area (Å²) in [5, 5.41) is 7.94. The van der Waals surface area contributed by atoms with Gasteiger partial charge in [0.15, 0.2) is 0 Å². The number of halogens is 2. The largest absolute Gasteiger partial charge is 0.455 e. The van der Waals surface area contributed by atoms with Gasteiger partial charge in [0.1, 0.15) is 22.3 Å². The van der Waals surface area contributed by atoms with Crippen LogP contribution in [0.25, 0.3) is 88.4 Å². The molecule has 4 aliphatic rings. The molecule has 0 unspecified atom stereocenters. The number of furan rings is 2. The number of para-hydroxylation sites is 2. The van der Waals surface area contributed by atoms with Crippen molar-refractivity contribution in [1.29, 1.82) is 0 Å². The molecule has 2 aromatic heterocycles. The molecule has 2 heterocycles. The molecule has 2 spiro atoms. The second kappa shape index (κ2) is 31.1. The molecule has 0 saturated heterocycles. The van der Waals surface area contributed by atoms with Gasteiger partial charge in [-0.3, -0.25) is 0 Å². The van der Waals surface area contributed by atoms with E-state index in [2.05, 4.69) is 505 Å². The van der Waals surface area contributed by atoms with Crippen molar-refractivity contribution in [2.45, 2.75) is 168 Å². The van der Waals surface area contributed by atoms with E-state index in [1.54, 1.807) is 0 Å². The Hall–Kier alpha value is -12.5. The summed E-state index contributed by atoms with van der Waals surface area (Å²) in [6.45, 7) is 40.9. The molecule has 5 nitrogen and oxygen atoms in total. The van der Waals surface area contributed by atoms with E-state index in [1.807, 2.05) is 6.07 Å². The topological polar surface area (TPSA) is 44.8 Å². The maximum atomic E-state index is 7.38. The Labute approximate surface area is 778 Å². The number of nitrogens with one attached hydrogen (secondary N) is 1. The molecule has 1 N–H and O–H groups in total. The van der Waals surface area contributed by atoms with Crippen molar-refractivity contribution in [2.24, 2.45) is 0 Å². The third-order valence-electron chi connectivity index (χ3n) is 27.5. The standard InChI is InChI=1S/C71H68N2O.C31H16Br2O.C20H27N/c1-67(2,3)45-25-33-49(34-26-45)72(50-35-27-46(28-36-50)68(4,5)6)53-41-42-56-60(43-53)71(58-22-16-13-19-54(58)55-20-14-17-23-59(55)71)61-44-62(65-57-21-15-18-24-63(57)74-66(65)64(56)61)73(51-37-29-47(30-38-51)69(7,8)9)52-39-31-48(32-40-52)70(10,11)12;32-17-13-14-20-24(15-17)31(22-10-4-1-7-18(22)19-8-2-5-11-23(19)31)25-16-26(33)29-21-9-3-6-12-27(21)34-30(29)28(20)25;1-19(2,3)15-7-11-17(12-8-15)21-18-13-9-16(10-14-18)20(4,5)6/h13-44H,1-12H3;1-16H;7-14,21H,1-6H3. The Balaban J connectivity index is 0.000000154. The smallest absolute Gasteiger partial charge is 0.145 e. The second-order valence-corrected chi connectivity index (χ2v) is 43.7. The zero-order chi connectivity index (χ0) is 90.0. The van der Waals surface area contributed by atoms with Gasteiger partial charge in [-0.1, -0.05) is 375 Å². The van der Waals surface area contributed by atoms with E-state index in [0.717, 1.165) is 104 Å². The predicted octanol–water partition coefficient (Wildman–Crippen LogP) is 35.5. The Morgan fingerprint density at radius 3 is 0.915 bits per heavy atom. The highest BCUT2D eigenvalue weighted by atomic mass is 79.9. The molecule has 0 amide bonds. The van der Waals surface area contributed by atoms with E-state index in [-0.39, 0.29) is 32.5 Å². The summed E-state index contributed by atoms with van der Waals surface area (Å²) in [7, 11) is 0. The first-order valence-corrected chi connectivity index (χ1v) is 47.1. The minimum Gasteiger partial charge on any atom is -0.455 e. The minimum atomic E-state index is -0.689. The van der Waals surface area contributed by atoms with Crippen molar-refractivity contribution in [1.82, 2.24) is 0 Å². The first-order valence-electron chi connectivity index (χ1n) is 45.6. The first kappa shape index (κ1) is 84.6. The van der Waals surface area contributed by atoms with Crippen LogP contribution in [0.3, 0.4) is 0 Å². The van der Waals surface area contributed by atoms with Crippen LogP contribution in [0.1, 0.15) is 203 Å². The maximum absolute atomic E-state index is 7.38. The fraction of sp³-hybridized carbons (Fsp3) is 0.213. The van der Waals surface area contributed by atoms with Gasteiger partial charge in [0.25, 0.3) is 0 Å². The number of hydrogen-bond donors (Lipinski definition) is 1. The van der Waals surface area contributed by atoms with Gasteiger partial charge < -0.3 is 24.0 Å². The third kappa shape index (κ3) is 14.2. The van der Waals surface area contributed by atoms with Gasteiger partial charge in [-0.2, -0.15) is 0 Å². The number of hydrogen-bond acceptors (Lipinski definition) is 5. The molecule has 0 atom stereocenters. The van der Waals surface area contributed by atoms with E-state index in [0.29, 0.717) is 0 Å². The lowest BCUT2D eigenvalue weighted by atomic mass is 9.70. The van der Waals surface area contributed by atoms with E-state index < -0.39 is 10.8 Å². The van der Waals surface area contributed by atoms with E-state index in [1.165, 1.54) is 117 Å². The van der Waals surface area contributed by atoms with Gasteiger partial charge in [-0.25, -0.2) is 0 Å². The highest BCUT2D eigenvalue weighted by molar-refractivity contribution is 9.11. The zero-order valence-corrected chi connectivity index (χ0v) is 80.5. The summed E-state index contributed by atoms with van der Waals surface area (Å²) in [6.07, 6.45) is 0. The molecule has 4 aliphatic carbocycles. The molecular formula is C122H111Br2N3O2. The monoisotopic (exact) mass is 1810 g/mol. The van der Waals surface area contributed by atoms with Crippen molar-refractivity contribution < 1.29 is 8.83 Å². The van der Waals surface area contributed by atoms with Crippen molar-refractivity contribution in [3.8, 4) is 44.5 Å². The Kier molecular flexibility index (Phi) is 20.4. The van der Waals surface area contributed by atoms with E-state index in [4.69, 9.17) is 8.83 Å². The molecule has 0 aliphatic heterocycles. The lowest BCUT2D eigenvalue weighted by Crippen LogP contribution is -2.26. The molecule has 0 fully saturated rings. The van der Waals surface area contributed by atoms with Crippen LogP contribution in [-0.2, 0) is 43.3 Å². The summed E-state index contributed by atoms with van der Waals surface area (Å²) in [5.41, 5.74) is 40.0. The number of fused-ring (bicyclic) bond motifs is 28. The molecule has 7 heteroatoms. The molecule has 0 radical (unpaired) electrons. The second-order valence-electron chi connectivity index (χ2n) is 41.9. The van der Waals surface area contributed by atoms with Crippen LogP contribution in [0.5, 0.6) is 0 Å². The zero-order valence-electron chi connectivity index (χ0n) is 77.3. The van der Waals surface area contributed by atoms with Gasteiger partial charge in [0.2, 0.25) is 0 Å². The van der Waals surface area contributed by atoms with Crippen LogP contribution in [0.15, 0.2) is 357 Å². The maximum Gasteiger partial charge on any atom is 0.145 e. The Bertz CT molecular complexity index is 7170. The molecule has 0 bridgehead atoms. The van der Waals surface area contributed by atoms with Crippen LogP contribution >= 0.6 is 31.9 Å². The van der Waals surface area contributed by atoms with Gasteiger partial charge in [0.05, 0.1) is 21.9 Å².